The Labute approximate surface area is 191 Å². The number of para-hydroxylation sites is 1. The molecule has 168 valence electrons. The van der Waals surface area contributed by atoms with Crippen molar-refractivity contribution < 1.29 is 14.3 Å². The Hall–Kier alpha value is -4.20. The highest BCUT2D eigenvalue weighted by Gasteiger charge is 2.22. The van der Waals surface area contributed by atoms with Gasteiger partial charge in [0.15, 0.2) is 5.69 Å². The fourth-order valence-corrected chi connectivity index (χ4v) is 3.66. The van der Waals surface area contributed by atoms with Gasteiger partial charge in [-0.25, -0.2) is 14.2 Å². The molecule has 0 saturated heterocycles. The van der Waals surface area contributed by atoms with Crippen LogP contribution in [0.5, 0.6) is 0 Å². The van der Waals surface area contributed by atoms with E-state index in [-0.39, 0.29) is 23.3 Å². The molecule has 0 aliphatic carbocycles. The highest BCUT2D eigenvalue weighted by molar-refractivity contribution is 5.96. The van der Waals surface area contributed by atoms with E-state index in [1.165, 1.54) is 17.9 Å². The number of rotatable bonds is 6. The van der Waals surface area contributed by atoms with E-state index >= 15 is 0 Å². The van der Waals surface area contributed by atoms with Crippen LogP contribution >= 0.6 is 0 Å². The van der Waals surface area contributed by atoms with Crippen molar-refractivity contribution in [3.63, 3.8) is 0 Å². The number of carbonyl (C=O) groups is 2. The smallest absolute Gasteiger partial charge is 0.358 e. The lowest BCUT2D eigenvalue weighted by Gasteiger charge is -2.16. The van der Waals surface area contributed by atoms with Crippen LogP contribution in [0.15, 0.2) is 66.7 Å². The van der Waals surface area contributed by atoms with Gasteiger partial charge in [-0.05, 0) is 56.7 Å². The zero-order chi connectivity index (χ0) is 23.5. The molecule has 33 heavy (non-hydrogen) atoms. The summed E-state index contributed by atoms with van der Waals surface area (Å²) < 4.78 is 8.10. The number of carbonyl (C=O) groups excluding carboxylic acids is 2. The number of methoxy groups -OCH3 is 1. The Morgan fingerprint density at radius 2 is 1.58 bits per heavy atom. The number of aryl methyl sites for hydroxylation is 2. The van der Waals surface area contributed by atoms with Crippen LogP contribution in [-0.4, -0.2) is 38.5 Å². The molecule has 0 radical (unpaired) electrons. The lowest BCUT2D eigenvalue weighted by molar-refractivity contribution is 0.0593. The highest BCUT2D eigenvalue weighted by Crippen LogP contribution is 2.19. The summed E-state index contributed by atoms with van der Waals surface area (Å²) in [6.07, 6.45) is 0. The molecule has 8 heteroatoms. The van der Waals surface area contributed by atoms with Crippen molar-refractivity contribution in [3.8, 4) is 11.4 Å². The average Bonchev–Trinajstić information content (AvgIpc) is 3.42. The predicted octanol–water partition coefficient (Wildman–Crippen LogP) is 3.95. The third-order valence-corrected chi connectivity index (χ3v) is 5.33. The van der Waals surface area contributed by atoms with E-state index in [9.17, 15) is 9.59 Å². The SMILES string of the molecule is COC(=O)c1cc(C(=O)N[C@@H](C)c2ccc(-n3nc(C)cc3C)cc2)n(-c2ccccc2)n1. The van der Waals surface area contributed by atoms with E-state index in [0.717, 1.165) is 22.6 Å². The second kappa shape index (κ2) is 9.12. The normalized spacial score (nSPS) is 11.8. The van der Waals surface area contributed by atoms with Crippen molar-refractivity contribution in [2.24, 2.45) is 0 Å². The van der Waals surface area contributed by atoms with Crippen LogP contribution in [0.25, 0.3) is 11.4 Å². The van der Waals surface area contributed by atoms with Crippen molar-refractivity contribution in [1.29, 1.82) is 0 Å². The van der Waals surface area contributed by atoms with Gasteiger partial charge in [0, 0.05) is 11.8 Å². The number of nitrogens with one attached hydrogen (secondary N) is 1. The number of amides is 1. The monoisotopic (exact) mass is 443 g/mol. The maximum absolute atomic E-state index is 13.1. The standard InChI is InChI=1S/C25H25N5O3/c1-16-14-17(2)29(27-16)21-12-10-19(11-13-21)18(3)26-24(31)23-15-22(25(32)33-4)28-30(23)20-8-6-5-7-9-20/h5-15,18H,1-4H3,(H,26,31)/t18-/m0/s1. The zero-order valence-electron chi connectivity index (χ0n) is 18.9. The molecule has 1 amide bonds. The molecule has 4 aromatic rings. The summed E-state index contributed by atoms with van der Waals surface area (Å²) >= 11 is 0. The van der Waals surface area contributed by atoms with Gasteiger partial charge in [-0.2, -0.15) is 10.2 Å². The summed E-state index contributed by atoms with van der Waals surface area (Å²) in [5.41, 5.74) is 4.87. The van der Waals surface area contributed by atoms with E-state index in [1.807, 2.05) is 86.1 Å². The molecule has 0 aliphatic heterocycles. The van der Waals surface area contributed by atoms with Gasteiger partial charge in [0.25, 0.3) is 5.91 Å². The Morgan fingerprint density at radius 3 is 2.18 bits per heavy atom. The minimum Gasteiger partial charge on any atom is -0.464 e. The first-order valence-electron chi connectivity index (χ1n) is 10.6. The second-order valence-corrected chi connectivity index (χ2v) is 7.78. The molecule has 0 fully saturated rings. The number of benzene rings is 2. The molecule has 0 bridgehead atoms. The number of nitrogens with zero attached hydrogens (tertiary/aromatic N) is 4. The molecule has 0 aliphatic rings. The molecular weight excluding hydrogens is 418 g/mol. The van der Waals surface area contributed by atoms with E-state index in [1.54, 1.807) is 0 Å². The van der Waals surface area contributed by atoms with Crippen LogP contribution in [0.2, 0.25) is 0 Å². The lowest BCUT2D eigenvalue weighted by atomic mass is 10.1. The van der Waals surface area contributed by atoms with Crippen molar-refractivity contribution in [1.82, 2.24) is 24.9 Å². The molecule has 2 aromatic carbocycles. The molecule has 0 spiro atoms. The number of esters is 1. The third-order valence-electron chi connectivity index (χ3n) is 5.33. The Morgan fingerprint density at radius 1 is 0.909 bits per heavy atom. The molecule has 2 aromatic heterocycles. The van der Waals surface area contributed by atoms with Gasteiger partial charge in [-0.3, -0.25) is 4.79 Å². The molecule has 4 rings (SSSR count). The molecule has 8 nitrogen and oxygen atoms in total. The molecular formula is C25H25N5O3. The molecule has 0 unspecified atom stereocenters. The molecule has 0 saturated carbocycles. The van der Waals surface area contributed by atoms with Crippen molar-refractivity contribution in [2.45, 2.75) is 26.8 Å². The fourth-order valence-electron chi connectivity index (χ4n) is 3.66. The number of aromatic nitrogens is 4. The number of hydrogen-bond acceptors (Lipinski definition) is 5. The summed E-state index contributed by atoms with van der Waals surface area (Å²) in [5.74, 6) is -0.955. The van der Waals surface area contributed by atoms with Crippen LogP contribution in [-0.2, 0) is 4.74 Å². The van der Waals surface area contributed by atoms with Gasteiger partial charge in [-0.15, -0.1) is 0 Å². The van der Waals surface area contributed by atoms with Crippen molar-refractivity contribution in [3.05, 3.63) is 95.1 Å². The molecule has 1 N–H and O–H groups in total. The van der Waals surface area contributed by atoms with Gasteiger partial charge in [-0.1, -0.05) is 30.3 Å². The van der Waals surface area contributed by atoms with Gasteiger partial charge in [0.2, 0.25) is 0 Å². The minimum absolute atomic E-state index is 0.0633. The minimum atomic E-state index is -0.605. The van der Waals surface area contributed by atoms with Gasteiger partial charge in [0.05, 0.1) is 30.2 Å². The van der Waals surface area contributed by atoms with Crippen LogP contribution in [0.3, 0.4) is 0 Å². The maximum atomic E-state index is 13.1. The van der Waals surface area contributed by atoms with Gasteiger partial charge in [0.1, 0.15) is 5.69 Å². The maximum Gasteiger partial charge on any atom is 0.358 e. The Balaban J connectivity index is 1.57. The lowest BCUT2D eigenvalue weighted by Crippen LogP contribution is -2.28. The van der Waals surface area contributed by atoms with E-state index in [4.69, 9.17) is 4.74 Å². The number of hydrogen-bond donors (Lipinski definition) is 1. The summed E-state index contributed by atoms with van der Waals surface area (Å²) in [5, 5.41) is 11.8. The first kappa shape index (κ1) is 22.0. The molecule has 1 atom stereocenters. The average molecular weight is 444 g/mol. The quantitative estimate of drug-likeness (QED) is 0.456. The third kappa shape index (κ3) is 4.55. The number of ether oxygens (including phenoxy) is 1. The van der Waals surface area contributed by atoms with Gasteiger partial charge < -0.3 is 10.1 Å². The summed E-state index contributed by atoms with van der Waals surface area (Å²) in [6, 6.07) is 20.2. The first-order chi connectivity index (χ1) is 15.9. The summed E-state index contributed by atoms with van der Waals surface area (Å²) in [4.78, 5) is 25.2. The predicted molar refractivity (Wildman–Crippen MR) is 124 cm³/mol. The Bertz CT molecular complexity index is 1290. The van der Waals surface area contributed by atoms with Crippen LogP contribution < -0.4 is 5.32 Å². The zero-order valence-corrected chi connectivity index (χ0v) is 18.9. The summed E-state index contributed by atoms with van der Waals surface area (Å²) in [6.45, 7) is 5.87. The molecule has 2 heterocycles. The van der Waals surface area contributed by atoms with E-state index in [2.05, 4.69) is 15.5 Å². The van der Waals surface area contributed by atoms with Crippen LogP contribution in [0, 0.1) is 13.8 Å². The van der Waals surface area contributed by atoms with Crippen molar-refractivity contribution >= 4 is 11.9 Å². The van der Waals surface area contributed by atoms with E-state index in [0.29, 0.717) is 5.69 Å². The van der Waals surface area contributed by atoms with Crippen molar-refractivity contribution in [2.75, 3.05) is 7.11 Å². The van der Waals surface area contributed by atoms with Crippen LogP contribution in [0.4, 0.5) is 0 Å². The first-order valence-corrected chi connectivity index (χ1v) is 10.6. The highest BCUT2D eigenvalue weighted by atomic mass is 16.5. The second-order valence-electron chi connectivity index (χ2n) is 7.78. The largest absolute Gasteiger partial charge is 0.464 e. The van der Waals surface area contributed by atoms with E-state index < -0.39 is 5.97 Å². The topological polar surface area (TPSA) is 91.0 Å². The van der Waals surface area contributed by atoms with Gasteiger partial charge >= 0.3 is 5.97 Å². The fraction of sp³-hybridized carbons (Fsp3) is 0.200. The Kier molecular flexibility index (Phi) is 6.08. The van der Waals surface area contributed by atoms with Crippen LogP contribution in [0.1, 0.15) is 50.9 Å². The summed E-state index contributed by atoms with van der Waals surface area (Å²) in [7, 11) is 1.28.